The average Bonchev–Trinajstić information content (AvgIpc) is 2.45. The van der Waals surface area contributed by atoms with Crippen molar-refractivity contribution in [1.82, 2.24) is 0 Å². The van der Waals surface area contributed by atoms with Crippen LogP contribution in [0.15, 0.2) is 24.3 Å². The number of carboxylic acid groups (broad SMARTS) is 1. The highest BCUT2D eigenvalue weighted by Crippen LogP contribution is 2.15. The van der Waals surface area contributed by atoms with E-state index in [1.54, 1.807) is 12.1 Å². The fourth-order valence-corrected chi connectivity index (χ4v) is 2.73. The van der Waals surface area contributed by atoms with Gasteiger partial charge in [-0.1, -0.05) is 6.07 Å². The summed E-state index contributed by atoms with van der Waals surface area (Å²) in [6, 6.07) is 5.34. The minimum atomic E-state index is -1.18. The van der Waals surface area contributed by atoms with Crippen molar-refractivity contribution >= 4 is 17.6 Å². The number of amides is 1. The van der Waals surface area contributed by atoms with Gasteiger partial charge in [-0.2, -0.15) is 0 Å². The maximum Gasteiger partial charge on any atom is 0.230 e. The molecule has 1 aromatic carbocycles. The van der Waals surface area contributed by atoms with Gasteiger partial charge in [0.2, 0.25) is 5.91 Å². The van der Waals surface area contributed by atoms with Gasteiger partial charge in [-0.25, -0.2) is 0 Å². The van der Waals surface area contributed by atoms with Crippen LogP contribution in [0.3, 0.4) is 0 Å². The third kappa shape index (κ3) is 4.46. The number of phenols is 1. The fraction of sp³-hybridized carbons (Fsp3) is 0.467. The standard InChI is InChI=1S/C15H20N2O4/c18-12-6-4-5-11(9-12)16-14(19)10-13(15(20)21)17-7-2-1-3-8-17/h4-6,9,13,18H,1-3,7-8,10H2,(H,16,19)(H,20,21)/t13-/m1/s1. The van der Waals surface area contributed by atoms with Gasteiger partial charge >= 0.3 is 0 Å². The van der Waals surface area contributed by atoms with Crippen molar-refractivity contribution in [3.05, 3.63) is 24.3 Å². The van der Waals surface area contributed by atoms with E-state index in [0.29, 0.717) is 5.69 Å². The molecule has 0 unspecified atom stereocenters. The molecular weight excluding hydrogens is 272 g/mol. The number of hydrogen-bond donors (Lipinski definition) is 3. The molecule has 6 nitrogen and oxygen atoms in total. The van der Waals surface area contributed by atoms with Crippen molar-refractivity contribution in [2.24, 2.45) is 0 Å². The molecule has 1 aliphatic heterocycles. The zero-order chi connectivity index (χ0) is 15.2. The second-order valence-corrected chi connectivity index (χ2v) is 5.39. The van der Waals surface area contributed by atoms with Crippen molar-refractivity contribution < 1.29 is 24.7 Å². The van der Waals surface area contributed by atoms with E-state index < -0.39 is 12.0 Å². The lowest BCUT2D eigenvalue weighted by molar-refractivity contribution is -0.922. The van der Waals surface area contributed by atoms with E-state index in [1.807, 2.05) is 0 Å². The molecule has 0 bridgehead atoms. The summed E-state index contributed by atoms with van der Waals surface area (Å²) in [5.74, 6) is -1.52. The number of hydrogen-bond acceptors (Lipinski definition) is 4. The molecule has 0 radical (unpaired) electrons. The van der Waals surface area contributed by atoms with Gasteiger partial charge in [0.05, 0.1) is 25.5 Å². The molecule has 0 saturated carbocycles. The maximum atomic E-state index is 12.0. The van der Waals surface area contributed by atoms with Gasteiger partial charge in [0.15, 0.2) is 0 Å². The Hall–Kier alpha value is -2.08. The van der Waals surface area contributed by atoms with Gasteiger partial charge in [0.25, 0.3) is 0 Å². The quantitative estimate of drug-likeness (QED) is 0.643. The van der Waals surface area contributed by atoms with Crippen LogP contribution in [-0.2, 0) is 9.59 Å². The number of carbonyl (C=O) groups excluding carboxylic acids is 2. The first-order valence-electron chi connectivity index (χ1n) is 7.20. The smallest absolute Gasteiger partial charge is 0.230 e. The number of piperidine rings is 1. The van der Waals surface area contributed by atoms with E-state index >= 15 is 0 Å². The Bertz CT molecular complexity index is 512. The summed E-state index contributed by atoms with van der Waals surface area (Å²) in [6.45, 7) is 1.52. The van der Waals surface area contributed by atoms with Crippen molar-refractivity contribution in [3.63, 3.8) is 0 Å². The summed E-state index contributed by atoms with van der Waals surface area (Å²) < 4.78 is 0. The van der Waals surface area contributed by atoms with Crippen LogP contribution in [0.1, 0.15) is 25.7 Å². The molecule has 0 spiro atoms. The van der Waals surface area contributed by atoms with Crippen LogP contribution in [0, 0.1) is 0 Å². The number of carboxylic acids is 1. The molecule has 1 heterocycles. The van der Waals surface area contributed by atoms with Crippen LogP contribution in [0.4, 0.5) is 5.69 Å². The van der Waals surface area contributed by atoms with Gasteiger partial charge in [0, 0.05) is 11.8 Å². The summed E-state index contributed by atoms with van der Waals surface area (Å²) in [4.78, 5) is 24.2. The molecule has 1 saturated heterocycles. The Balaban J connectivity index is 1.96. The molecular formula is C15H20N2O4. The van der Waals surface area contributed by atoms with Crippen LogP contribution in [0.5, 0.6) is 5.75 Å². The normalized spacial score (nSPS) is 17.1. The highest BCUT2D eigenvalue weighted by molar-refractivity contribution is 5.93. The Morgan fingerprint density at radius 2 is 2.00 bits per heavy atom. The third-order valence-corrected chi connectivity index (χ3v) is 3.79. The summed E-state index contributed by atoms with van der Waals surface area (Å²) in [6.07, 6.45) is 2.95. The Morgan fingerprint density at radius 1 is 1.29 bits per heavy atom. The molecule has 1 fully saturated rings. The minimum absolute atomic E-state index is 0.0471. The number of phenolic OH excluding ortho intramolecular Hbond substituents is 1. The first kappa shape index (κ1) is 15.3. The number of rotatable bonds is 5. The predicted molar refractivity (Wildman–Crippen MR) is 74.7 cm³/mol. The average molecular weight is 292 g/mol. The zero-order valence-electron chi connectivity index (χ0n) is 11.8. The summed E-state index contributed by atoms with van der Waals surface area (Å²) in [7, 11) is 0. The summed E-state index contributed by atoms with van der Waals surface area (Å²) in [5, 5.41) is 23.2. The van der Waals surface area contributed by atoms with E-state index in [1.165, 1.54) is 12.1 Å². The molecule has 0 aliphatic carbocycles. The number of quaternary nitrogens is 1. The molecule has 2 rings (SSSR count). The van der Waals surface area contributed by atoms with Crippen molar-refractivity contribution in [2.75, 3.05) is 18.4 Å². The van der Waals surface area contributed by atoms with E-state index in [0.717, 1.165) is 37.3 Å². The number of benzene rings is 1. The molecule has 21 heavy (non-hydrogen) atoms. The molecule has 1 amide bonds. The van der Waals surface area contributed by atoms with Crippen LogP contribution < -0.4 is 15.3 Å². The van der Waals surface area contributed by atoms with Gasteiger partial charge in [-0.05, 0) is 31.4 Å². The van der Waals surface area contributed by atoms with Crippen molar-refractivity contribution in [2.45, 2.75) is 31.7 Å². The van der Waals surface area contributed by atoms with Crippen LogP contribution >= 0.6 is 0 Å². The molecule has 1 aromatic rings. The lowest BCUT2D eigenvalue weighted by atomic mass is 10.1. The Kier molecular flexibility index (Phi) is 5.16. The maximum absolute atomic E-state index is 12.0. The fourth-order valence-electron chi connectivity index (χ4n) is 2.73. The van der Waals surface area contributed by atoms with Gasteiger partial charge in [0.1, 0.15) is 11.8 Å². The van der Waals surface area contributed by atoms with E-state index in [2.05, 4.69) is 5.32 Å². The van der Waals surface area contributed by atoms with E-state index in [4.69, 9.17) is 0 Å². The first-order chi connectivity index (χ1) is 10.1. The highest BCUT2D eigenvalue weighted by atomic mass is 16.4. The summed E-state index contributed by atoms with van der Waals surface area (Å²) in [5.41, 5.74) is 0.450. The number of aliphatic carboxylic acids is 1. The minimum Gasteiger partial charge on any atom is -0.544 e. The highest BCUT2D eigenvalue weighted by Gasteiger charge is 2.27. The first-order valence-corrected chi connectivity index (χ1v) is 7.20. The monoisotopic (exact) mass is 292 g/mol. The summed E-state index contributed by atoms with van der Waals surface area (Å²) >= 11 is 0. The third-order valence-electron chi connectivity index (χ3n) is 3.79. The van der Waals surface area contributed by atoms with Gasteiger partial charge < -0.3 is 25.2 Å². The second-order valence-electron chi connectivity index (χ2n) is 5.39. The lowest BCUT2D eigenvalue weighted by Crippen LogP contribution is -3.18. The van der Waals surface area contributed by atoms with E-state index in [-0.39, 0.29) is 18.1 Å². The Morgan fingerprint density at radius 3 is 2.62 bits per heavy atom. The Labute approximate surface area is 123 Å². The number of aromatic hydroxyl groups is 1. The van der Waals surface area contributed by atoms with Crippen molar-refractivity contribution in [3.8, 4) is 5.75 Å². The number of carbonyl (C=O) groups is 2. The van der Waals surface area contributed by atoms with Crippen LogP contribution in [0.2, 0.25) is 0 Å². The molecule has 3 N–H and O–H groups in total. The number of anilines is 1. The van der Waals surface area contributed by atoms with Gasteiger partial charge in [-0.3, -0.25) is 4.79 Å². The predicted octanol–water partition coefficient (Wildman–Crippen LogP) is -1.09. The van der Waals surface area contributed by atoms with Gasteiger partial charge in [-0.15, -0.1) is 0 Å². The molecule has 1 atom stereocenters. The SMILES string of the molecule is O=C(C[C@H](C(=O)[O-])[NH+]1CCCCC1)Nc1cccc(O)c1. The number of nitrogens with one attached hydrogen (secondary N) is 2. The second kappa shape index (κ2) is 7.08. The molecule has 6 heteroatoms. The zero-order valence-corrected chi connectivity index (χ0v) is 11.8. The largest absolute Gasteiger partial charge is 0.544 e. The lowest BCUT2D eigenvalue weighted by Gasteiger charge is -2.31. The molecule has 0 aromatic heterocycles. The van der Waals surface area contributed by atoms with Crippen LogP contribution in [-0.4, -0.2) is 36.1 Å². The molecule has 1 aliphatic rings. The van der Waals surface area contributed by atoms with E-state index in [9.17, 15) is 19.8 Å². The molecule has 114 valence electrons. The van der Waals surface area contributed by atoms with Crippen molar-refractivity contribution in [1.29, 1.82) is 0 Å². The van der Waals surface area contributed by atoms with Crippen LogP contribution in [0.25, 0.3) is 0 Å². The number of likely N-dealkylation sites (tertiary alicyclic amines) is 1. The topological polar surface area (TPSA) is 93.9 Å².